The summed E-state index contributed by atoms with van der Waals surface area (Å²) in [5, 5.41) is 3.67. The summed E-state index contributed by atoms with van der Waals surface area (Å²) >= 11 is 6.46. The lowest BCUT2D eigenvalue weighted by molar-refractivity contribution is 0.0952. The van der Waals surface area contributed by atoms with Gasteiger partial charge in [0, 0.05) is 21.9 Å². The van der Waals surface area contributed by atoms with Crippen molar-refractivity contribution in [3.8, 4) is 0 Å². The molecule has 88 valence electrons. The van der Waals surface area contributed by atoms with Crippen molar-refractivity contribution in [1.29, 1.82) is 0 Å². The molecule has 0 fully saturated rings. The number of unbranched alkanes of at least 4 members (excludes halogenated alkanes) is 1. The van der Waals surface area contributed by atoms with Gasteiger partial charge in [-0.3, -0.25) is 4.79 Å². The highest BCUT2D eigenvalue weighted by molar-refractivity contribution is 9.10. The van der Waals surface area contributed by atoms with Gasteiger partial charge in [-0.2, -0.15) is 0 Å². The van der Waals surface area contributed by atoms with Crippen LogP contribution in [0.25, 0.3) is 0 Å². The lowest BCUT2D eigenvalue weighted by atomic mass is 10.2. The monoisotopic (exact) mass is 351 g/mol. The zero-order chi connectivity index (χ0) is 12.0. The summed E-state index contributed by atoms with van der Waals surface area (Å²) < 4.78 is 13.6. The minimum absolute atomic E-state index is 0.241. The topological polar surface area (TPSA) is 29.1 Å². The van der Waals surface area contributed by atoms with Gasteiger partial charge >= 0.3 is 0 Å². The fraction of sp³-hybridized carbons (Fsp3) is 0.364. The minimum atomic E-state index is -0.417. The number of hydrogen-bond donors (Lipinski definition) is 1. The Balaban J connectivity index is 2.52. The lowest BCUT2D eigenvalue weighted by Gasteiger charge is -2.05. The predicted octanol–water partition coefficient (Wildman–Crippen LogP) is 3.49. The molecule has 0 saturated carbocycles. The molecule has 0 spiro atoms. The molecule has 1 rings (SSSR count). The standard InChI is InChI=1S/C11H12Br2FNO/c12-3-1-2-4-15-11(16)8-5-9(13)7-10(14)6-8/h5-7H,1-4H2,(H,15,16). The number of alkyl halides is 1. The first-order chi connectivity index (χ1) is 7.63. The van der Waals surface area contributed by atoms with E-state index in [1.165, 1.54) is 12.1 Å². The van der Waals surface area contributed by atoms with Crippen molar-refractivity contribution in [3.63, 3.8) is 0 Å². The first-order valence-corrected chi connectivity index (χ1v) is 6.85. The number of rotatable bonds is 5. The van der Waals surface area contributed by atoms with Crippen LogP contribution in [0, 0.1) is 5.82 Å². The third-order valence-electron chi connectivity index (χ3n) is 1.97. The van der Waals surface area contributed by atoms with E-state index in [9.17, 15) is 9.18 Å². The van der Waals surface area contributed by atoms with Crippen LogP contribution in [0.2, 0.25) is 0 Å². The summed E-state index contributed by atoms with van der Waals surface area (Å²) in [5.41, 5.74) is 0.339. The van der Waals surface area contributed by atoms with Crippen molar-refractivity contribution in [1.82, 2.24) is 5.32 Å². The molecule has 2 nitrogen and oxygen atoms in total. The second-order valence-corrected chi connectivity index (χ2v) is 5.02. The Kier molecular flexibility index (Phi) is 5.98. The largest absolute Gasteiger partial charge is 0.352 e. The molecule has 5 heteroatoms. The smallest absolute Gasteiger partial charge is 0.251 e. The number of benzene rings is 1. The van der Waals surface area contributed by atoms with E-state index in [1.54, 1.807) is 6.07 Å². The van der Waals surface area contributed by atoms with Crippen LogP contribution >= 0.6 is 31.9 Å². The zero-order valence-corrected chi connectivity index (χ0v) is 11.8. The molecule has 1 amide bonds. The zero-order valence-electron chi connectivity index (χ0n) is 8.60. The van der Waals surface area contributed by atoms with Gasteiger partial charge in [-0.15, -0.1) is 0 Å². The molecule has 1 aromatic rings. The highest BCUT2D eigenvalue weighted by Gasteiger charge is 2.07. The molecule has 0 bridgehead atoms. The molecule has 0 heterocycles. The van der Waals surface area contributed by atoms with Gasteiger partial charge in [0.2, 0.25) is 0 Å². The van der Waals surface area contributed by atoms with E-state index >= 15 is 0 Å². The number of carbonyl (C=O) groups is 1. The van der Waals surface area contributed by atoms with Crippen LogP contribution in [0.4, 0.5) is 4.39 Å². The van der Waals surface area contributed by atoms with Crippen LogP contribution in [0.5, 0.6) is 0 Å². The normalized spacial score (nSPS) is 10.2. The molecule has 1 N–H and O–H groups in total. The second kappa shape index (κ2) is 7.01. The SMILES string of the molecule is O=C(NCCCCBr)c1cc(F)cc(Br)c1. The highest BCUT2D eigenvalue weighted by Crippen LogP contribution is 2.14. The molecular formula is C11H12Br2FNO. The molecule has 1 aromatic carbocycles. The van der Waals surface area contributed by atoms with Gasteiger partial charge < -0.3 is 5.32 Å². The fourth-order valence-corrected chi connectivity index (χ4v) is 2.07. The summed E-state index contributed by atoms with van der Waals surface area (Å²) in [6.45, 7) is 0.610. The maximum absolute atomic E-state index is 13.0. The lowest BCUT2D eigenvalue weighted by Crippen LogP contribution is -2.24. The van der Waals surface area contributed by atoms with Crippen LogP contribution in [0.15, 0.2) is 22.7 Å². The van der Waals surface area contributed by atoms with Crippen LogP contribution in [0.3, 0.4) is 0 Å². The van der Waals surface area contributed by atoms with Crippen molar-refractivity contribution in [2.75, 3.05) is 11.9 Å². The van der Waals surface area contributed by atoms with E-state index in [2.05, 4.69) is 37.2 Å². The van der Waals surface area contributed by atoms with Crippen molar-refractivity contribution >= 4 is 37.8 Å². The minimum Gasteiger partial charge on any atom is -0.352 e. The first-order valence-electron chi connectivity index (χ1n) is 4.93. The van der Waals surface area contributed by atoms with E-state index in [0.29, 0.717) is 16.6 Å². The van der Waals surface area contributed by atoms with E-state index in [-0.39, 0.29) is 5.91 Å². The fourth-order valence-electron chi connectivity index (χ4n) is 1.21. The van der Waals surface area contributed by atoms with Crippen LogP contribution in [-0.2, 0) is 0 Å². The van der Waals surface area contributed by atoms with Crippen molar-refractivity contribution in [2.45, 2.75) is 12.8 Å². The number of hydrogen-bond acceptors (Lipinski definition) is 1. The van der Waals surface area contributed by atoms with Gasteiger partial charge in [-0.1, -0.05) is 31.9 Å². The predicted molar refractivity (Wildman–Crippen MR) is 69.5 cm³/mol. The Hall–Kier alpha value is -0.420. The van der Waals surface area contributed by atoms with Crippen molar-refractivity contribution in [2.24, 2.45) is 0 Å². The van der Waals surface area contributed by atoms with Crippen LogP contribution in [0.1, 0.15) is 23.2 Å². The molecule has 0 aliphatic carbocycles. The van der Waals surface area contributed by atoms with Gasteiger partial charge in [-0.05, 0) is 31.0 Å². The summed E-state index contributed by atoms with van der Waals surface area (Å²) in [6, 6.07) is 4.15. The highest BCUT2D eigenvalue weighted by atomic mass is 79.9. The summed E-state index contributed by atoms with van der Waals surface area (Å²) in [4.78, 5) is 11.6. The Morgan fingerprint density at radius 2 is 2.06 bits per heavy atom. The number of carbonyl (C=O) groups excluding carboxylic acids is 1. The third-order valence-corrected chi connectivity index (χ3v) is 2.99. The molecule has 0 aliphatic rings. The van der Waals surface area contributed by atoms with Crippen molar-refractivity contribution in [3.05, 3.63) is 34.1 Å². The molecule has 0 radical (unpaired) electrons. The number of halogens is 3. The Morgan fingerprint density at radius 3 is 2.69 bits per heavy atom. The molecule has 16 heavy (non-hydrogen) atoms. The van der Waals surface area contributed by atoms with Gasteiger partial charge in [0.05, 0.1) is 0 Å². The van der Waals surface area contributed by atoms with Crippen LogP contribution in [-0.4, -0.2) is 17.8 Å². The van der Waals surface area contributed by atoms with E-state index in [0.717, 1.165) is 18.2 Å². The Bertz CT molecular complexity index is 351. The Morgan fingerprint density at radius 1 is 1.31 bits per heavy atom. The maximum Gasteiger partial charge on any atom is 0.251 e. The average molecular weight is 353 g/mol. The second-order valence-electron chi connectivity index (χ2n) is 3.31. The summed E-state index contributed by atoms with van der Waals surface area (Å²) in [7, 11) is 0. The van der Waals surface area contributed by atoms with E-state index in [4.69, 9.17) is 0 Å². The van der Waals surface area contributed by atoms with Crippen LogP contribution < -0.4 is 5.32 Å². The Labute approximate surface area is 111 Å². The molecule has 0 atom stereocenters. The molecular weight excluding hydrogens is 341 g/mol. The third kappa shape index (κ3) is 4.61. The molecule has 0 saturated heterocycles. The number of nitrogens with one attached hydrogen (secondary N) is 1. The molecule has 0 unspecified atom stereocenters. The van der Waals surface area contributed by atoms with Gasteiger partial charge in [0.1, 0.15) is 5.82 Å². The van der Waals surface area contributed by atoms with E-state index in [1.807, 2.05) is 0 Å². The van der Waals surface area contributed by atoms with Gasteiger partial charge in [-0.25, -0.2) is 4.39 Å². The summed E-state index contributed by atoms with van der Waals surface area (Å²) in [5.74, 6) is -0.658. The molecule has 0 aromatic heterocycles. The summed E-state index contributed by atoms with van der Waals surface area (Å²) in [6.07, 6.45) is 1.92. The first kappa shape index (κ1) is 13.6. The number of amides is 1. The maximum atomic E-state index is 13.0. The van der Waals surface area contributed by atoms with E-state index < -0.39 is 5.82 Å². The average Bonchev–Trinajstić information content (AvgIpc) is 2.22. The van der Waals surface area contributed by atoms with Gasteiger partial charge in [0.15, 0.2) is 0 Å². The van der Waals surface area contributed by atoms with Gasteiger partial charge in [0.25, 0.3) is 5.91 Å². The van der Waals surface area contributed by atoms with Crippen molar-refractivity contribution < 1.29 is 9.18 Å². The molecule has 0 aliphatic heterocycles. The quantitative estimate of drug-likeness (QED) is 0.637.